The molecule has 1 aliphatic rings. The molecule has 2 aromatic carbocycles. The number of rotatable bonds is 4. The summed E-state index contributed by atoms with van der Waals surface area (Å²) in [6.07, 6.45) is 1.42. The second-order valence-corrected chi connectivity index (χ2v) is 8.65. The molecule has 9 heteroatoms. The lowest BCUT2D eigenvalue weighted by molar-refractivity contribution is 0.211. The van der Waals surface area contributed by atoms with Crippen LogP contribution in [0.15, 0.2) is 54.9 Å². The van der Waals surface area contributed by atoms with Crippen LogP contribution < -0.4 is 4.90 Å². The summed E-state index contributed by atoms with van der Waals surface area (Å²) in [5.41, 5.74) is 2.02. The summed E-state index contributed by atoms with van der Waals surface area (Å²) in [5, 5.41) is 15.6. The molecule has 1 fully saturated rings. The van der Waals surface area contributed by atoms with Crippen molar-refractivity contribution >= 4 is 33.6 Å². The maximum atomic E-state index is 13.6. The SMILES string of the molecule is Oc1c([C@H](c2ccc(F)cc2)N2CCN(c3cccc(Cl)c3)CC2)sc2ncnn12. The Bertz CT molecular complexity index is 1170. The van der Waals surface area contributed by atoms with E-state index >= 15 is 0 Å². The molecule has 4 aromatic rings. The van der Waals surface area contributed by atoms with Gasteiger partial charge in [0.15, 0.2) is 0 Å². The zero-order chi connectivity index (χ0) is 20.7. The van der Waals surface area contributed by atoms with Crippen LogP contribution in [0.25, 0.3) is 4.96 Å². The summed E-state index contributed by atoms with van der Waals surface area (Å²) in [6.45, 7) is 3.20. The fourth-order valence-electron chi connectivity index (χ4n) is 3.96. The van der Waals surface area contributed by atoms with E-state index in [0.29, 0.717) is 4.96 Å². The number of hydrogen-bond donors (Lipinski definition) is 1. The lowest BCUT2D eigenvalue weighted by Crippen LogP contribution is -2.47. The number of aromatic hydroxyl groups is 1. The molecule has 0 saturated carbocycles. The van der Waals surface area contributed by atoms with E-state index < -0.39 is 0 Å². The number of aromatic nitrogens is 3. The molecule has 6 nitrogen and oxygen atoms in total. The molecule has 0 unspecified atom stereocenters. The van der Waals surface area contributed by atoms with Crippen molar-refractivity contribution in [2.45, 2.75) is 6.04 Å². The number of thiazole rings is 1. The monoisotopic (exact) mass is 443 g/mol. The van der Waals surface area contributed by atoms with E-state index in [9.17, 15) is 9.50 Å². The molecule has 1 aliphatic heterocycles. The molecule has 30 heavy (non-hydrogen) atoms. The Hall–Kier alpha value is -2.68. The molecule has 1 saturated heterocycles. The maximum absolute atomic E-state index is 13.6. The van der Waals surface area contributed by atoms with Crippen molar-refractivity contribution in [2.24, 2.45) is 0 Å². The molecule has 0 amide bonds. The Labute approximate surface area is 181 Å². The van der Waals surface area contributed by atoms with Crippen molar-refractivity contribution in [3.63, 3.8) is 0 Å². The van der Waals surface area contributed by atoms with Crippen molar-refractivity contribution in [1.82, 2.24) is 19.5 Å². The van der Waals surface area contributed by atoms with Gasteiger partial charge >= 0.3 is 0 Å². The van der Waals surface area contributed by atoms with Crippen LogP contribution in [0.1, 0.15) is 16.5 Å². The van der Waals surface area contributed by atoms with Crippen molar-refractivity contribution < 1.29 is 9.50 Å². The van der Waals surface area contributed by atoms with Gasteiger partial charge in [-0.3, -0.25) is 4.90 Å². The van der Waals surface area contributed by atoms with E-state index in [1.807, 2.05) is 18.2 Å². The van der Waals surface area contributed by atoms with Gasteiger partial charge in [0, 0.05) is 36.9 Å². The van der Waals surface area contributed by atoms with Gasteiger partial charge < -0.3 is 10.0 Å². The molecule has 1 atom stereocenters. The van der Waals surface area contributed by atoms with E-state index in [4.69, 9.17) is 11.6 Å². The van der Waals surface area contributed by atoms with Gasteiger partial charge in [0.2, 0.25) is 10.8 Å². The molecule has 2 aromatic heterocycles. The smallest absolute Gasteiger partial charge is 0.230 e. The van der Waals surface area contributed by atoms with Gasteiger partial charge in [0.25, 0.3) is 0 Å². The summed E-state index contributed by atoms with van der Waals surface area (Å²) < 4.78 is 15.0. The van der Waals surface area contributed by atoms with Gasteiger partial charge in [-0.25, -0.2) is 9.37 Å². The average Bonchev–Trinajstić information content (AvgIpc) is 3.34. The molecule has 0 aliphatic carbocycles. The average molecular weight is 444 g/mol. The first-order chi connectivity index (χ1) is 14.6. The zero-order valence-corrected chi connectivity index (χ0v) is 17.5. The highest BCUT2D eigenvalue weighted by Gasteiger charge is 2.31. The van der Waals surface area contributed by atoms with Crippen LogP contribution in [-0.2, 0) is 0 Å². The maximum Gasteiger partial charge on any atom is 0.230 e. The predicted molar refractivity (Wildman–Crippen MR) is 116 cm³/mol. The number of piperazine rings is 1. The lowest BCUT2D eigenvalue weighted by atomic mass is 10.0. The fraction of sp³-hybridized carbons (Fsp3) is 0.238. The fourth-order valence-corrected chi connectivity index (χ4v) is 5.23. The standard InChI is InChI=1S/C21H19ClFN5OS/c22-15-2-1-3-17(12-15)26-8-10-27(11-9-26)18(14-4-6-16(23)7-5-14)19-20(29)28-21(30-19)24-13-25-28/h1-7,12-13,18,29H,8-11H2/t18-/m0/s1. The summed E-state index contributed by atoms with van der Waals surface area (Å²) in [6, 6.07) is 14.1. The number of hydrogen-bond acceptors (Lipinski definition) is 6. The Morgan fingerprint density at radius 3 is 2.53 bits per heavy atom. The molecular weight excluding hydrogens is 425 g/mol. The van der Waals surface area contributed by atoms with Gasteiger partial charge in [-0.15, -0.1) is 0 Å². The quantitative estimate of drug-likeness (QED) is 0.512. The first kappa shape index (κ1) is 19.3. The molecule has 5 rings (SSSR count). The van der Waals surface area contributed by atoms with Crippen LogP contribution in [0, 0.1) is 5.82 Å². The van der Waals surface area contributed by atoms with Crippen LogP contribution >= 0.6 is 22.9 Å². The highest BCUT2D eigenvalue weighted by Crippen LogP contribution is 2.40. The van der Waals surface area contributed by atoms with Crippen LogP contribution in [0.2, 0.25) is 5.02 Å². The van der Waals surface area contributed by atoms with E-state index in [2.05, 4.69) is 25.9 Å². The first-order valence-electron chi connectivity index (χ1n) is 9.61. The molecule has 154 valence electrons. The summed E-state index contributed by atoms with van der Waals surface area (Å²) in [4.78, 5) is 10.2. The second-order valence-electron chi connectivity index (χ2n) is 7.20. The van der Waals surface area contributed by atoms with Gasteiger partial charge in [-0.1, -0.05) is 41.1 Å². The second kappa shape index (κ2) is 7.86. The highest BCUT2D eigenvalue weighted by atomic mass is 35.5. The third-order valence-corrected chi connectivity index (χ3v) is 6.75. The number of benzene rings is 2. The van der Waals surface area contributed by atoms with E-state index in [1.54, 1.807) is 12.1 Å². The molecule has 0 spiro atoms. The topological polar surface area (TPSA) is 56.9 Å². The third kappa shape index (κ3) is 3.51. The van der Waals surface area contributed by atoms with Gasteiger partial charge in [-0.05, 0) is 35.9 Å². The first-order valence-corrected chi connectivity index (χ1v) is 10.8. The molecule has 3 heterocycles. The van der Waals surface area contributed by atoms with Crippen LogP contribution in [0.5, 0.6) is 5.88 Å². The predicted octanol–water partition coefficient (Wildman–Crippen LogP) is 4.20. The van der Waals surface area contributed by atoms with Crippen molar-refractivity contribution in [3.05, 3.63) is 76.1 Å². The Balaban J connectivity index is 1.46. The van der Waals surface area contributed by atoms with Crippen molar-refractivity contribution in [1.29, 1.82) is 0 Å². The minimum Gasteiger partial charge on any atom is -0.492 e. The van der Waals surface area contributed by atoms with Gasteiger partial charge in [0.1, 0.15) is 12.1 Å². The van der Waals surface area contributed by atoms with Crippen LogP contribution in [0.3, 0.4) is 0 Å². The zero-order valence-electron chi connectivity index (χ0n) is 15.9. The summed E-state index contributed by atoms with van der Waals surface area (Å²) in [5.74, 6) is -0.200. The van der Waals surface area contributed by atoms with Gasteiger partial charge in [-0.2, -0.15) is 9.61 Å². The van der Waals surface area contributed by atoms with Crippen LogP contribution in [-0.4, -0.2) is 50.8 Å². The number of fused-ring (bicyclic) bond motifs is 1. The third-order valence-electron chi connectivity index (χ3n) is 5.43. The van der Waals surface area contributed by atoms with Crippen molar-refractivity contribution in [3.8, 4) is 5.88 Å². The Kier molecular flexibility index (Phi) is 5.06. The van der Waals surface area contributed by atoms with E-state index in [1.165, 1.54) is 34.3 Å². The number of anilines is 1. The lowest BCUT2D eigenvalue weighted by Gasteiger charge is -2.40. The molecule has 0 radical (unpaired) electrons. The molecule has 1 N–H and O–H groups in total. The number of nitrogens with zero attached hydrogens (tertiary/aromatic N) is 5. The molecular formula is C21H19ClFN5OS. The normalized spacial score (nSPS) is 16.3. The van der Waals surface area contributed by atoms with Crippen LogP contribution in [0.4, 0.5) is 10.1 Å². The summed E-state index contributed by atoms with van der Waals surface area (Å²) in [7, 11) is 0. The van der Waals surface area contributed by atoms with E-state index in [-0.39, 0.29) is 17.7 Å². The minimum atomic E-state index is -0.282. The largest absolute Gasteiger partial charge is 0.492 e. The Morgan fingerprint density at radius 2 is 1.83 bits per heavy atom. The summed E-state index contributed by atoms with van der Waals surface area (Å²) >= 11 is 7.56. The van der Waals surface area contributed by atoms with E-state index in [0.717, 1.165) is 47.3 Å². The van der Waals surface area contributed by atoms with Gasteiger partial charge in [0.05, 0.1) is 10.9 Å². The Morgan fingerprint density at radius 1 is 1.07 bits per heavy atom. The highest BCUT2D eigenvalue weighted by molar-refractivity contribution is 7.17. The molecule has 0 bridgehead atoms. The number of halogens is 2. The minimum absolute atomic E-state index is 0.0825. The van der Waals surface area contributed by atoms with Crippen molar-refractivity contribution in [2.75, 3.05) is 31.1 Å².